The molecule has 0 radical (unpaired) electrons. The van der Waals surface area contributed by atoms with Gasteiger partial charge in [0, 0.05) is 6.54 Å². The van der Waals surface area contributed by atoms with Crippen LogP contribution >= 0.6 is 23.2 Å². The molecule has 1 unspecified atom stereocenters. The number of anilines is 1. The number of hydrogen-bond acceptors (Lipinski definition) is 2. The average molecular weight is 260 g/mol. The zero-order chi connectivity index (χ0) is 11.7. The largest absolute Gasteiger partial charge is 0.393 e. The van der Waals surface area contributed by atoms with Gasteiger partial charge in [0.15, 0.2) is 0 Å². The van der Waals surface area contributed by atoms with Crippen molar-refractivity contribution in [2.24, 2.45) is 0 Å². The van der Waals surface area contributed by atoms with E-state index in [2.05, 4.69) is 0 Å². The van der Waals surface area contributed by atoms with E-state index in [-0.39, 0.29) is 12.3 Å². The number of benzene rings is 1. The minimum absolute atomic E-state index is 0.122. The summed E-state index contributed by atoms with van der Waals surface area (Å²) in [6.45, 7) is 0.472. The molecular formula is C11H11Cl2NO2. The first kappa shape index (κ1) is 11.7. The van der Waals surface area contributed by atoms with Gasteiger partial charge in [-0.3, -0.25) is 4.79 Å². The van der Waals surface area contributed by atoms with Gasteiger partial charge in [-0.2, -0.15) is 0 Å². The van der Waals surface area contributed by atoms with E-state index in [1.807, 2.05) is 0 Å². The molecule has 2 rings (SSSR count). The summed E-state index contributed by atoms with van der Waals surface area (Å²) in [4.78, 5) is 13.3. The van der Waals surface area contributed by atoms with Crippen LogP contribution in [-0.4, -0.2) is 23.7 Å². The standard InChI is InChI=1S/C11H11Cl2NO2/c12-8-2-1-3-9(11(8)13)14-5-4-7(15)6-10(14)16/h1-3,7,15H,4-6H2. The molecule has 1 heterocycles. The van der Waals surface area contributed by atoms with Crippen LogP contribution in [0.25, 0.3) is 0 Å². The lowest BCUT2D eigenvalue weighted by molar-refractivity contribution is -0.122. The van der Waals surface area contributed by atoms with Crippen molar-refractivity contribution in [2.75, 3.05) is 11.4 Å². The lowest BCUT2D eigenvalue weighted by atomic mass is 10.1. The molecule has 1 saturated heterocycles. The summed E-state index contributed by atoms with van der Waals surface area (Å²) in [5, 5.41) is 10.2. The third kappa shape index (κ3) is 2.17. The van der Waals surface area contributed by atoms with Crippen molar-refractivity contribution in [3.8, 4) is 0 Å². The maximum absolute atomic E-state index is 11.7. The predicted molar refractivity (Wildman–Crippen MR) is 64.1 cm³/mol. The second kappa shape index (κ2) is 4.62. The fraction of sp³-hybridized carbons (Fsp3) is 0.364. The molecule has 1 aromatic rings. The monoisotopic (exact) mass is 259 g/mol. The number of carbonyl (C=O) groups excluding carboxylic acids is 1. The number of amides is 1. The number of aliphatic hydroxyl groups excluding tert-OH is 1. The first-order valence-electron chi connectivity index (χ1n) is 5.02. The zero-order valence-electron chi connectivity index (χ0n) is 8.49. The first-order valence-corrected chi connectivity index (χ1v) is 5.77. The van der Waals surface area contributed by atoms with Crippen molar-refractivity contribution in [3.63, 3.8) is 0 Å². The Morgan fingerprint density at radius 1 is 1.38 bits per heavy atom. The number of nitrogens with zero attached hydrogens (tertiary/aromatic N) is 1. The molecule has 3 nitrogen and oxygen atoms in total. The van der Waals surface area contributed by atoms with E-state index in [4.69, 9.17) is 23.2 Å². The van der Waals surface area contributed by atoms with Gasteiger partial charge in [-0.1, -0.05) is 29.3 Å². The second-order valence-corrected chi connectivity index (χ2v) is 4.55. The highest BCUT2D eigenvalue weighted by Crippen LogP contribution is 2.34. The predicted octanol–water partition coefficient (Wildman–Crippen LogP) is 2.48. The number of halogens is 2. The highest BCUT2D eigenvalue weighted by molar-refractivity contribution is 6.44. The average Bonchev–Trinajstić information content (AvgIpc) is 2.23. The van der Waals surface area contributed by atoms with Crippen molar-refractivity contribution >= 4 is 34.8 Å². The minimum Gasteiger partial charge on any atom is -0.393 e. The lowest BCUT2D eigenvalue weighted by Crippen LogP contribution is -2.40. The number of aliphatic hydroxyl groups is 1. The molecule has 1 aromatic carbocycles. The van der Waals surface area contributed by atoms with Gasteiger partial charge < -0.3 is 10.0 Å². The minimum atomic E-state index is -0.540. The Balaban J connectivity index is 2.30. The van der Waals surface area contributed by atoms with E-state index in [0.29, 0.717) is 28.7 Å². The summed E-state index contributed by atoms with van der Waals surface area (Å²) < 4.78 is 0. The van der Waals surface area contributed by atoms with Crippen LogP contribution in [0.4, 0.5) is 5.69 Å². The number of carbonyl (C=O) groups is 1. The maximum Gasteiger partial charge on any atom is 0.229 e. The van der Waals surface area contributed by atoms with Crippen molar-refractivity contribution in [1.82, 2.24) is 0 Å². The van der Waals surface area contributed by atoms with Gasteiger partial charge >= 0.3 is 0 Å². The molecule has 16 heavy (non-hydrogen) atoms. The maximum atomic E-state index is 11.7. The Morgan fingerprint density at radius 3 is 2.81 bits per heavy atom. The molecule has 0 aromatic heterocycles. The summed E-state index contributed by atoms with van der Waals surface area (Å²) in [7, 11) is 0. The van der Waals surface area contributed by atoms with Crippen LogP contribution in [-0.2, 0) is 4.79 Å². The molecule has 1 amide bonds. The van der Waals surface area contributed by atoms with Gasteiger partial charge in [0.1, 0.15) is 0 Å². The molecule has 0 bridgehead atoms. The molecule has 0 spiro atoms. The van der Waals surface area contributed by atoms with E-state index >= 15 is 0 Å². The van der Waals surface area contributed by atoms with Crippen molar-refractivity contribution in [1.29, 1.82) is 0 Å². The fourth-order valence-electron chi connectivity index (χ4n) is 1.77. The molecule has 0 saturated carbocycles. The summed E-state index contributed by atoms with van der Waals surface area (Å²) in [6.07, 6.45) is 0.166. The topological polar surface area (TPSA) is 40.5 Å². The van der Waals surface area contributed by atoms with Crippen molar-refractivity contribution in [2.45, 2.75) is 18.9 Å². The summed E-state index contributed by atoms with van der Waals surface area (Å²) >= 11 is 11.9. The Morgan fingerprint density at radius 2 is 2.12 bits per heavy atom. The molecular weight excluding hydrogens is 249 g/mol. The van der Waals surface area contributed by atoms with Gasteiger partial charge in [0.05, 0.1) is 28.3 Å². The Kier molecular flexibility index (Phi) is 3.38. The Labute approximate surface area is 104 Å². The summed E-state index contributed by atoms with van der Waals surface area (Å²) in [5.74, 6) is -0.122. The van der Waals surface area contributed by atoms with Crippen LogP contribution in [0, 0.1) is 0 Å². The highest BCUT2D eigenvalue weighted by Gasteiger charge is 2.26. The molecule has 1 atom stereocenters. The van der Waals surface area contributed by atoms with Crippen LogP contribution in [0.3, 0.4) is 0 Å². The molecule has 86 valence electrons. The third-order valence-electron chi connectivity index (χ3n) is 2.62. The highest BCUT2D eigenvalue weighted by atomic mass is 35.5. The lowest BCUT2D eigenvalue weighted by Gasteiger charge is -2.30. The molecule has 1 fully saturated rings. The quantitative estimate of drug-likeness (QED) is 0.842. The number of rotatable bonds is 1. The van der Waals surface area contributed by atoms with Crippen LogP contribution < -0.4 is 4.90 Å². The van der Waals surface area contributed by atoms with Crippen LogP contribution in [0.15, 0.2) is 18.2 Å². The molecule has 1 N–H and O–H groups in total. The molecule has 1 aliphatic heterocycles. The third-order valence-corrected chi connectivity index (χ3v) is 3.43. The smallest absolute Gasteiger partial charge is 0.229 e. The molecule has 0 aliphatic carbocycles. The van der Waals surface area contributed by atoms with Gasteiger partial charge in [0.2, 0.25) is 5.91 Å². The van der Waals surface area contributed by atoms with E-state index in [1.54, 1.807) is 23.1 Å². The van der Waals surface area contributed by atoms with Gasteiger partial charge in [-0.25, -0.2) is 0 Å². The number of hydrogen-bond donors (Lipinski definition) is 1. The number of piperidine rings is 1. The normalized spacial score (nSPS) is 21.3. The fourth-order valence-corrected chi connectivity index (χ4v) is 2.17. The SMILES string of the molecule is O=C1CC(O)CCN1c1cccc(Cl)c1Cl. The molecule has 1 aliphatic rings. The van der Waals surface area contributed by atoms with Crippen molar-refractivity contribution < 1.29 is 9.90 Å². The Hall–Kier alpha value is -0.770. The second-order valence-electron chi connectivity index (χ2n) is 3.76. The van der Waals surface area contributed by atoms with Gasteiger partial charge in [-0.15, -0.1) is 0 Å². The van der Waals surface area contributed by atoms with E-state index < -0.39 is 6.10 Å². The van der Waals surface area contributed by atoms with Gasteiger partial charge in [0.25, 0.3) is 0 Å². The first-order chi connectivity index (χ1) is 7.59. The summed E-state index contributed by atoms with van der Waals surface area (Å²) in [6, 6.07) is 5.18. The van der Waals surface area contributed by atoms with Crippen molar-refractivity contribution in [3.05, 3.63) is 28.2 Å². The van der Waals surface area contributed by atoms with Crippen LogP contribution in [0.5, 0.6) is 0 Å². The zero-order valence-corrected chi connectivity index (χ0v) is 10.0. The van der Waals surface area contributed by atoms with Crippen LogP contribution in [0.1, 0.15) is 12.8 Å². The molecule has 5 heteroatoms. The van der Waals surface area contributed by atoms with E-state index in [9.17, 15) is 9.90 Å². The van der Waals surface area contributed by atoms with Crippen LogP contribution in [0.2, 0.25) is 10.0 Å². The van der Waals surface area contributed by atoms with E-state index in [1.165, 1.54) is 0 Å². The summed E-state index contributed by atoms with van der Waals surface area (Å²) in [5.41, 5.74) is 0.617. The Bertz CT molecular complexity index is 422. The van der Waals surface area contributed by atoms with E-state index in [0.717, 1.165) is 0 Å². The van der Waals surface area contributed by atoms with Gasteiger partial charge in [-0.05, 0) is 18.6 Å².